The largest absolute Gasteiger partial charge is 0.357 e. The lowest BCUT2D eigenvalue weighted by Gasteiger charge is -2.35. The number of aromatic nitrogens is 1. The highest BCUT2D eigenvalue weighted by molar-refractivity contribution is 5.42. The highest BCUT2D eigenvalue weighted by atomic mass is 15.2. The average Bonchev–Trinajstić information content (AvgIpc) is 3.29. The van der Waals surface area contributed by atoms with Gasteiger partial charge in [0.15, 0.2) is 0 Å². The Morgan fingerprint density at radius 1 is 1.24 bits per heavy atom. The van der Waals surface area contributed by atoms with Gasteiger partial charge in [-0.2, -0.15) is 0 Å². The predicted octanol–water partition coefficient (Wildman–Crippen LogP) is 3.66. The topological polar surface area (TPSA) is 28.2 Å². The van der Waals surface area contributed by atoms with Crippen LogP contribution in [0, 0.1) is 12.8 Å². The van der Waals surface area contributed by atoms with E-state index in [0.29, 0.717) is 6.04 Å². The molecular weight excluding hydrogens is 258 g/mol. The van der Waals surface area contributed by atoms with E-state index in [1.165, 1.54) is 49.8 Å². The van der Waals surface area contributed by atoms with Crippen LogP contribution in [0.5, 0.6) is 0 Å². The lowest BCUT2D eigenvalue weighted by Crippen LogP contribution is -2.36. The summed E-state index contributed by atoms with van der Waals surface area (Å²) in [6.07, 6.45) is 8.05. The van der Waals surface area contributed by atoms with Crippen molar-refractivity contribution < 1.29 is 0 Å². The average molecular weight is 287 g/mol. The fourth-order valence-corrected chi connectivity index (χ4v) is 3.44. The lowest BCUT2D eigenvalue weighted by molar-refractivity contribution is 0.335. The van der Waals surface area contributed by atoms with Gasteiger partial charge in [0.05, 0.1) is 0 Å². The van der Waals surface area contributed by atoms with Gasteiger partial charge >= 0.3 is 0 Å². The third-order valence-electron chi connectivity index (χ3n) is 5.16. The molecule has 2 aliphatic carbocycles. The highest BCUT2D eigenvalue weighted by Crippen LogP contribution is 2.29. The summed E-state index contributed by atoms with van der Waals surface area (Å²) in [5.41, 5.74) is 2.52. The van der Waals surface area contributed by atoms with Gasteiger partial charge in [-0.1, -0.05) is 25.8 Å². The minimum Gasteiger partial charge on any atom is -0.357 e. The van der Waals surface area contributed by atoms with Crippen LogP contribution in [0.2, 0.25) is 0 Å². The number of pyridine rings is 1. The van der Waals surface area contributed by atoms with Crippen molar-refractivity contribution in [1.82, 2.24) is 10.3 Å². The van der Waals surface area contributed by atoms with E-state index < -0.39 is 0 Å². The van der Waals surface area contributed by atoms with E-state index in [-0.39, 0.29) is 0 Å². The molecule has 2 aliphatic rings. The van der Waals surface area contributed by atoms with Gasteiger partial charge in [-0.3, -0.25) is 0 Å². The molecule has 2 saturated carbocycles. The Hall–Kier alpha value is -1.09. The van der Waals surface area contributed by atoms with Gasteiger partial charge in [0.25, 0.3) is 0 Å². The Morgan fingerprint density at radius 3 is 2.71 bits per heavy atom. The van der Waals surface area contributed by atoms with E-state index in [2.05, 4.69) is 43.2 Å². The highest BCUT2D eigenvalue weighted by Gasteiger charge is 2.24. The Morgan fingerprint density at radius 2 is 2.05 bits per heavy atom. The monoisotopic (exact) mass is 287 g/mol. The first-order valence-corrected chi connectivity index (χ1v) is 8.56. The number of hydrogen-bond donors (Lipinski definition) is 1. The molecule has 3 heteroatoms. The Bertz CT molecular complexity index is 481. The second-order valence-electron chi connectivity index (χ2n) is 7.11. The molecule has 0 aromatic carbocycles. The van der Waals surface area contributed by atoms with Gasteiger partial charge in [-0.15, -0.1) is 0 Å². The van der Waals surface area contributed by atoms with E-state index in [4.69, 9.17) is 4.98 Å². The first-order valence-electron chi connectivity index (χ1n) is 8.56. The van der Waals surface area contributed by atoms with Crippen molar-refractivity contribution in [2.75, 3.05) is 11.9 Å². The normalized spacial score (nSPS) is 25.9. The molecule has 116 valence electrons. The third kappa shape index (κ3) is 3.76. The van der Waals surface area contributed by atoms with Crippen LogP contribution >= 0.6 is 0 Å². The molecule has 2 atom stereocenters. The molecule has 0 spiro atoms. The van der Waals surface area contributed by atoms with Crippen molar-refractivity contribution >= 4 is 5.82 Å². The lowest BCUT2D eigenvalue weighted by atomic mass is 9.86. The maximum atomic E-state index is 4.86. The fraction of sp³-hybridized carbons (Fsp3) is 0.722. The van der Waals surface area contributed by atoms with Gasteiger partial charge in [-0.05, 0) is 50.2 Å². The molecule has 0 saturated heterocycles. The fourth-order valence-electron chi connectivity index (χ4n) is 3.44. The second kappa shape index (κ2) is 6.35. The van der Waals surface area contributed by atoms with Crippen LogP contribution in [0.1, 0.15) is 56.7 Å². The molecule has 21 heavy (non-hydrogen) atoms. The number of rotatable bonds is 5. The number of anilines is 1. The minimum absolute atomic E-state index is 0.663. The predicted molar refractivity (Wildman–Crippen MR) is 88.7 cm³/mol. The molecule has 0 bridgehead atoms. The van der Waals surface area contributed by atoms with Crippen molar-refractivity contribution in [1.29, 1.82) is 0 Å². The number of nitrogens with zero attached hydrogens (tertiary/aromatic N) is 2. The molecule has 2 unspecified atom stereocenters. The molecule has 3 rings (SSSR count). The summed E-state index contributed by atoms with van der Waals surface area (Å²) in [5, 5.41) is 3.58. The van der Waals surface area contributed by atoms with Crippen LogP contribution in [-0.4, -0.2) is 24.1 Å². The number of hydrogen-bond acceptors (Lipinski definition) is 3. The molecule has 0 aliphatic heterocycles. The maximum absolute atomic E-state index is 4.86. The summed E-state index contributed by atoms with van der Waals surface area (Å²) in [6.45, 7) is 5.49. The zero-order valence-electron chi connectivity index (χ0n) is 13.7. The van der Waals surface area contributed by atoms with E-state index in [9.17, 15) is 0 Å². The van der Waals surface area contributed by atoms with Crippen molar-refractivity contribution in [3.63, 3.8) is 0 Å². The van der Waals surface area contributed by atoms with Crippen molar-refractivity contribution in [3.05, 3.63) is 23.4 Å². The van der Waals surface area contributed by atoms with E-state index in [0.717, 1.165) is 24.3 Å². The quantitative estimate of drug-likeness (QED) is 0.896. The standard InChI is InChI=1S/C18H29N3/c1-13-5-4-6-17(11-13)21(3)18-10-7-15(14(2)20-18)12-19-16-8-9-16/h7,10,13,16-17,19H,4-6,8-9,11-12H2,1-3H3. The molecule has 1 heterocycles. The van der Waals surface area contributed by atoms with Gasteiger partial charge in [0, 0.05) is 31.4 Å². The number of aryl methyl sites for hydroxylation is 1. The van der Waals surface area contributed by atoms with Gasteiger partial charge < -0.3 is 10.2 Å². The van der Waals surface area contributed by atoms with Gasteiger partial charge in [-0.25, -0.2) is 4.98 Å². The Balaban J connectivity index is 1.65. The first-order chi connectivity index (χ1) is 10.1. The molecule has 1 aromatic heterocycles. The molecule has 3 nitrogen and oxygen atoms in total. The maximum Gasteiger partial charge on any atom is 0.128 e. The first kappa shape index (κ1) is 14.8. The SMILES string of the molecule is Cc1nc(N(C)C2CCCC(C)C2)ccc1CNC1CC1. The smallest absolute Gasteiger partial charge is 0.128 e. The van der Waals surface area contributed by atoms with Crippen molar-refractivity contribution in [2.24, 2.45) is 5.92 Å². The van der Waals surface area contributed by atoms with Crippen molar-refractivity contribution in [3.8, 4) is 0 Å². The van der Waals surface area contributed by atoms with Crippen molar-refractivity contribution in [2.45, 2.75) is 71.0 Å². The molecule has 1 aromatic rings. The molecule has 0 radical (unpaired) electrons. The molecule has 0 amide bonds. The summed E-state index contributed by atoms with van der Waals surface area (Å²) >= 11 is 0. The van der Waals surface area contributed by atoms with Crippen LogP contribution in [0.15, 0.2) is 12.1 Å². The van der Waals surface area contributed by atoms with Crippen LogP contribution < -0.4 is 10.2 Å². The summed E-state index contributed by atoms with van der Waals surface area (Å²) in [5.74, 6) is 2.00. The second-order valence-corrected chi connectivity index (χ2v) is 7.11. The van der Waals surface area contributed by atoms with Gasteiger partial charge in [0.2, 0.25) is 0 Å². The minimum atomic E-state index is 0.663. The third-order valence-corrected chi connectivity index (χ3v) is 5.16. The summed E-state index contributed by atoms with van der Waals surface area (Å²) in [6, 6.07) is 5.89. The summed E-state index contributed by atoms with van der Waals surface area (Å²) < 4.78 is 0. The van der Waals surface area contributed by atoms with Crippen LogP contribution in [0.25, 0.3) is 0 Å². The van der Waals surface area contributed by atoms with E-state index in [1.807, 2.05) is 0 Å². The van der Waals surface area contributed by atoms with E-state index in [1.54, 1.807) is 0 Å². The van der Waals surface area contributed by atoms with Crippen LogP contribution in [0.4, 0.5) is 5.82 Å². The Labute approximate surface area is 129 Å². The molecular formula is C18H29N3. The molecule has 2 fully saturated rings. The zero-order valence-corrected chi connectivity index (χ0v) is 13.7. The molecule has 1 N–H and O–H groups in total. The Kier molecular flexibility index (Phi) is 4.48. The van der Waals surface area contributed by atoms with Gasteiger partial charge in [0.1, 0.15) is 5.82 Å². The zero-order chi connectivity index (χ0) is 14.8. The summed E-state index contributed by atoms with van der Waals surface area (Å²) in [7, 11) is 2.21. The van der Waals surface area contributed by atoms with E-state index >= 15 is 0 Å². The van der Waals surface area contributed by atoms with Crippen LogP contribution in [-0.2, 0) is 6.54 Å². The summed E-state index contributed by atoms with van der Waals surface area (Å²) in [4.78, 5) is 7.26. The van der Waals surface area contributed by atoms with Crippen LogP contribution in [0.3, 0.4) is 0 Å². The number of nitrogens with one attached hydrogen (secondary N) is 1.